The van der Waals surface area contributed by atoms with Crippen molar-refractivity contribution in [1.82, 2.24) is 4.58 Å². The van der Waals surface area contributed by atoms with Gasteiger partial charge in [0.1, 0.15) is 6.10 Å². The first-order valence-corrected chi connectivity index (χ1v) is 11.3. The molecule has 3 aromatic carbocycles. The Morgan fingerprint density at radius 1 is 1.00 bits per heavy atom. The molecule has 164 valence electrons. The number of nitro groups is 1. The molecule has 0 bridgehead atoms. The standard InChI is InChI=1S/C22H18ClN3O5S/c1-16-6-12-19(13-7-16)32(29,30)26-24(18-10-8-17(23)9-11-18)15-14-22(31-26)20-4-2-3-5-21(20)25(27)28/h2-15,22H,1H3. The number of anilines is 1. The van der Waals surface area contributed by atoms with E-state index in [4.69, 9.17) is 16.4 Å². The van der Waals surface area contributed by atoms with E-state index in [2.05, 4.69) is 0 Å². The Kier molecular flexibility index (Phi) is 5.98. The lowest BCUT2D eigenvalue weighted by molar-refractivity contribution is -0.386. The highest BCUT2D eigenvalue weighted by molar-refractivity contribution is 7.89. The van der Waals surface area contributed by atoms with E-state index in [9.17, 15) is 18.5 Å². The highest BCUT2D eigenvalue weighted by Crippen LogP contribution is 2.36. The van der Waals surface area contributed by atoms with Crippen LogP contribution in [0.1, 0.15) is 17.2 Å². The van der Waals surface area contributed by atoms with Crippen molar-refractivity contribution in [3.8, 4) is 0 Å². The summed E-state index contributed by atoms with van der Waals surface area (Å²) in [5, 5.41) is 13.3. The maximum absolute atomic E-state index is 13.5. The minimum absolute atomic E-state index is 0.0127. The third-order valence-electron chi connectivity index (χ3n) is 4.84. The van der Waals surface area contributed by atoms with Gasteiger partial charge in [-0.15, -0.1) is 0 Å². The normalized spacial score (nSPS) is 16.8. The van der Waals surface area contributed by atoms with Gasteiger partial charge in [-0.3, -0.25) is 15.0 Å². The maximum atomic E-state index is 13.5. The Morgan fingerprint density at radius 2 is 1.66 bits per heavy atom. The number of para-hydroxylation sites is 1. The number of halogens is 1. The number of nitrogens with zero attached hydrogens (tertiary/aromatic N) is 3. The highest BCUT2D eigenvalue weighted by atomic mass is 35.5. The molecule has 0 aromatic heterocycles. The third-order valence-corrected chi connectivity index (χ3v) is 6.63. The minimum atomic E-state index is -4.18. The van der Waals surface area contributed by atoms with Gasteiger partial charge in [0.05, 0.1) is 21.1 Å². The van der Waals surface area contributed by atoms with Crippen molar-refractivity contribution < 1.29 is 18.2 Å². The van der Waals surface area contributed by atoms with Crippen molar-refractivity contribution in [2.45, 2.75) is 17.9 Å². The summed E-state index contributed by atoms with van der Waals surface area (Å²) in [4.78, 5) is 16.8. The van der Waals surface area contributed by atoms with Crippen LogP contribution in [0.25, 0.3) is 0 Å². The van der Waals surface area contributed by atoms with Gasteiger partial charge < -0.3 is 0 Å². The molecular weight excluding hydrogens is 454 g/mol. The summed E-state index contributed by atoms with van der Waals surface area (Å²) in [6.07, 6.45) is 2.05. The number of hydrazine groups is 1. The van der Waals surface area contributed by atoms with Gasteiger partial charge >= 0.3 is 0 Å². The molecule has 8 nitrogen and oxygen atoms in total. The molecule has 0 fully saturated rings. The van der Waals surface area contributed by atoms with Crippen LogP contribution in [-0.2, 0) is 14.9 Å². The molecule has 1 aliphatic heterocycles. The molecule has 0 spiro atoms. The fraction of sp³-hybridized carbons (Fsp3) is 0.0909. The van der Waals surface area contributed by atoms with Gasteiger partial charge in [0, 0.05) is 21.9 Å². The van der Waals surface area contributed by atoms with Crippen molar-refractivity contribution in [2.24, 2.45) is 0 Å². The van der Waals surface area contributed by atoms with Crippen LogP contribution in [0, 0.1) is 17.0 Å². The van der Waals surface area contributed by atoms with E-state index < -0.39 is 21.1 Å². The van der Waals surface area contributed by atoms with E-state index >= 15 is 0 Å². The summed E-state index contributed by atoms with van der Waals surface area (Å²) in [6, 6.07) is 18.9. The van der Waals surface area contributed by atoms with E-state index in [1.807, 2.05) is 6.92 Å². The van der Waals surface area contributed by atoms with E-state index in [1.54, 1.807) is 48.5 Å². The van der Waals surface area contributed by atoms with Crippen molar-refractivity contribution in [3.05, 3.63) is 111 Å². The van der Waals surface area contributed by atoms with E-state index in [-0.39, 0.29) is 16.1 Å². The predicted molar refractivity (Wildman–Crippen MR) is 120 cm³/mol. The van der Waals surface area contributed by atoms with Gasteiger partial charge in [-0.05, 0) is 55.5 Å². The Hall–Kier alpha value is -3.24. The van der Waals surface area contributed by atoms with Crippen LogP contribution >= 0.6 is 11.6 Å². The molecule has 0 aliphatic carbocycles. The number of rotatable bonds is 5. The van der Waals surface area contributed by atoms with Crippen molar-refractivity contribution >= 4 is 33.0 Å². The molecule has 10 heteroatoms. The molecule has 0 N–H and O–H groups in total. The first kappa shape index (κ1) is 22.0. The quantitative estimate of drug-likeness (QED) is 0.376. The van der Waals surface area contributed by atoms with Crippen LogP contribution in [0.4, 0.5) is 11.4 Å². The van der Waals surface area contributed by atoms with Gasteiger partial charge in [-0.1, -0.05) is 41.4 Å². The van der Waals surface area contributed by atoms with Crippen LogP contribution < -0.4 is 5.01 Å². The van der Waals surface area contributed by atoms with Crippen molar-refractivity contribution in [1.29, 1.82) is 0 Å². The highest BCUT2D eigenvalue weighted by Gasteiger charge is 2.37. The Bertz CT molecular complexity index is 1280. The van der Waals surface area contributed by atoms with Gasteiger partial charge in [-0.25, -0.2) is 13.4 Å². The molecule has 4 rings (SSSR count). The summed E-state index contributed by atoms with van der Waals surface area (Å²) < 4.78 is 27.8. The van der Waals surface area contributed by atoms with E-state index in [0.29, 0.717) is 10.7 Å². The summed E-state index contributed by atoms with van der Waals surface area (Å²) in [6.45, 7) is 1.85. The average molecular weight is 472 g/mol. The zero-order chi connectivity index (χ0) is 22.9. The monoisotopic (exact) mass is 471 g/mol. The molecule has 1 unspecified atom stereocenters. The summed E-state index contributed by atoms with van der Waals surface area (Å²) >= 11 is 5.97. The molecule has 1 heterocycles. The van der Waals surface area contributed by atoms with Gasteiger partial charge in [-0.2, -0.15) is 0 Å². The lowest BCUT2D eigenvalue weighted by Crippen LogP contribution is -2.46. The molecular formula is C22H18ClN3O5S. The number of nitro benzene ring substituents is 1. The zero-order valence-corrected chi connectivity index (χ0v) is 18.4. The SMILES string of the molecule is Cc1ccc(S(=O)(=O)N2OC(c3ccccc3[N+](=O)[O-])C=CN2c2ccc(Cl)cc2)cc1. The number of benzene rings is 3. The van der Waals surface area contributed by atoms with Crippen LogP contribution in [-0.4, -0.2) is 17.9 Å². The number of hydrogen-bond donors (Lipinski definition) is 0. The Labute approximate surface area is 190 Å². The molecule has 1 aliphatic rings. The molecule has 1 atom stereocenters. The van der Waals surface area contributed by atoms with Crippen LogP contribution in [0.5, 0.6) is 0 Å². The lowest BCUT2D eigenvalue weighted by atomic mass is 10.1. The minimum Gasteiger partial charge on any atom is -0.258 e. The smallest absolute Gasteiger partial charge is 0.258 e. The lowest BCUT2D eigenvalue weighted by Gasteiger charge is -2.36. The second kappa shape index (κ2) is 8.71. The fourth-order valence-electron chi connectivity index (χ4n) is 3.20. The summed E-state index contributed by atoms with van der Waals surface area (Å²) in [5.41, 5.74) is 1.43. The summed E-state index contributed by atoms with van der Waals surface area (Å²) in [5.74, 6) is 0. The van der Waals surface area contributed by atoms with Gasteiger partial charge in [0.2, 0.25) is 0 Å². The molecule has 0 radical (unpaired) electrons. The largest absolute Gasteiger partial charge is 0.283 e. The van der Waals surface area contributed by atoms with Gasteiger partial charge in [0.15, 0.2) is 0 Å². The zero-order valence-electron chi connectivity index (χ0n) is 16.8. The molecule has 3 aromatic rings. The van der Waals surface area contributed by atoms with Gasteiger partial charge in [0.25, 0.3) is 15.7 Å². The predicted octanol–water partition coefficient (Wildman–Crippen LogP) is 5.17. The first-order chi connectivity index (χ1) is 15.3. The van der Waals surface area contributed by atoms with Crippen LogP contribution in [0.3, 0.4) is 0 Å². The molecule has 0 saturated heterocycles. The Morgan fingerprint density at radius 3 is 2.31 bits per heavy atom. The molecule has 0 amide bonds. The molecule has 0 saturated carbocycles. The topological polar surface area (TPSA) is 93.0 Å². The van der Waals surface area contributed by atoms with Crippen LogP contribution in [0.15, 0.2) is 90.0 Å². The second-order valence-electron chi connectivity index (χ2n) is 7.03. The second-order valence-corrected chi connectivity index (χ2v) is 9.20. The third kappa shape index (κ3) is 4.23. The molecule has 32 heavy (non-hydrogen) atoms. The van der Waals surface area contributed by atoms with E-state index in [0.717, 1.165) is 10.1 Å². The van der Waals surface area contributed by atoms with Crippen molar-refractivity contribution in [3.63, 3.8) is 0 Å². The summed E-state index contributed by atoms with van der Waals surface area (Å²) in [7, 11) is -4.18. The average Bonchev–Trinajstić information content (AvgIpc) is 2.79. The number of sulfonamides is 1. The number of aryl methyl sites for hydroxylation is 1. The van der Waals surface area contributed by atoms with E-state index in [1.165, 1.54) is 41.5 Å². The fourth-order valence-corrected chi connectivity index (χ4v) is 4.57. The van der Waals surface area contributed by atoms with Crippen molar-refractivity contribution in [2.75, 3.05) is 5.01 Å². The maximum Gasteiger partial charge on any atom is 0.283 e. The van der Waals surface area contributed by atoms with Crippen LogP contribution in [0.2, 0.25) is 5.02 Å². The number of hydrogen-bond acceptors (Lipinski definition) is 6. The Balaban J connectivity index is 1.81. The first-order valence-electron chi connectivity index (χ1n) is 9.52.